The summed E-state index contributed by atoms with van der Waals surface area (Å²) in [6.07, 6.45) is 9.66. The normalized spacial score (nSPS) is 13.8. The minimum Gasteiger partial charge on any atom is -0.343 e. The van der Waals surface area contributed by atoms with Gasteiger partial charge in [-0.15, -0.1) is 0 Å². The van der Waals surface area contributed by atoms with Crippen LogP contribution in [0.15, 0.2) is 73.1 Å². The number of carbonyl (C=O) groups is 1. The van der Waals surface area contributed by atoms with Crippen LogP contribution in [0.2, 0.25) is 0 Å². The Bertz CT molecular complexity index is 1380. The Balaban J connectivity index is 1.17. The van der Waals surface area contributed by atoms with Gasteiger partial charge in [0.2, 0.25) is 5.91 Å². The number of nitrogens with one attached hydrogen (secondary N) is 1. The molecule has 0 atom stereocenters. The predicted octanol–water partition coefficient (Wildman–Crippen LogP) is 5.60. The van der Waals surface area contributed by atoms with Crippen molar-refractivity contribution in [2.75, 3.05) is 13.1 Å². The SMILES string of the molecule is N#Cc1cccc(-c2nc(-c3ccccc3)c(CCCC(=O)N3CCC(CCc4ncccn4)CC3)[nH]2)c1. The number of hydrogen-bond donors (Lipinski definition) is 1. The fourth-order valence-electron chi connectivity index (χ4n) is 5.14. The fraction of sp³-hybridized carbons (Fsp3) is 0.323. The van der Waals surface area contributed by atoms with Crippen LogP contribution < -0.4 is 0 Å². The zero-order valence-corrected chi connectivity index (χ0v) is 21.5. The summed E-state index contributed by atoms with van der Waals surface area (Å²) in [5.74, 6) is 2.50. The van der Waals surface area contributed by atoms with Crippen molar-refractivity contribution in [3.8, 4) is 28.7 Å². The summed E-state index contributed by atoms with van der Waals surface area (Å²) < 4.78 is 0. The number of H-pyrrole nitrogens is 1. The molecule has 1 N–H and O–H groups in total. The molecule has 7 heteroatoms. The molecule has 38 heavy (non-hydrogen) atoms. The first-order valence-corrected chi connectivity index (χ1v) is 13.4. The highest BCUT2D eigenvalue weighted by Crippen LogP contribution is 2.28. The molecular formula is C31H32N6O. The molecular weight excluding hydrogens is 472 g/mol. The Hall–Kier alpha value is -4.31. The van der Waals surface area contributed by atoms with Crippen LogP contribution in [0.5, 0.6) is 0 Å². The molecule has 1 aliphatic rings. The Labute approximate surface area is 223 Å². The fourth-order valence-corrected chi connectivity index (χ4v) is 5.14. The van der Waals surface area contributed by atoms with Gasteiger partial charge in [0.15, 0.2) is 0 Å². The lowest BCUT2D eigenvalue weighted by atomic mass is 9.92. The first-order chi connectivity index (χ1) is 18.7. The molecule has 0 bridgehead atoms. The van der Waals surface area contributed by atoms with Crippen molar-refractivity contribution in [1.29, 1.82) is 5.26 Å². The molecule has 2 aromatic carbocycles. The molecule has 0 spiro atoms. The molecule has 5 rings (SSSR count). The van der Waals surface area contributed by atoms with E-state index in [2.05, 4.69) is 21.0 Å². The van der Waals surface area contributed by atoms with Crippen LogP contribution in [0.4, 0.5) is 0 Å². The third-order valence-corrected chi connectivity index (χ3v) is 7.27. The van der Waals surface area contributed by atoms with E-state index in [0.717, 1.165) is 85.8 Å². The van der Waals surface area contributed by atoms with Gasteiger partial charge in [-0.25, -0.2) is 15.0 Å². The number of piperidine rings is 1. The van der Waals surface area contributed by atoms with E-state index in [1.165, 1.54) is 0 Å². The maximum atomic E-state index is 13.0. The maximum absolute atomic E-state index is 13.0. The second kappa shape index (κ2) is 12.3. The minimum absolute atomic E-state index is 0.234. The summed E-state index contributed by atoms with van der Waals surface area (Å²) in [6, 6.07) is 21.6. The summed E-state index contributed by atoms with van der Waals surface area (Å²) in [5, 5.41) is 9.29. The van der Waals surface area contributed by atoms with Crippen LogP contribution in [-0.2, 0) is 17.6 Å². The smallest absolute Gasteiger partial charge is 0.222 e. The average Bonchev–Trinajstić information content (AvgIpc) is 3.41. The topological polar surface area (TPSA) is 98.6 Å². The second-order valence-corrected chi connectivity index (χ2v) is 9.85. The molecule has 0 aliphatic carbocycles. The molecule has 4 aromatic rings. The van der Waals surface area contributed by atoms with E-state index >= 15 is 0 Å². The van der Waals surface area contributed by atoms with Crippen molar-refractivity contribution >= 4 is 5.91 Å². The van der Waals surface area contributed by atoms with Gasteiger partial charge in [0.1, 0.15) is 11.6 Å². The van der Waals surface area contributed by atoms with E-state index in [0.29, 0.717) is 17.9 Å². The van der Waals surface area contributed by atoms with E-state index in [4.69, 9.17) is 4.98 Å². The number of rotatable bonds is 9. The Morgan fingerprint density at radius 2 is 1.74 bits per heavy atom. The first kappa shape index (κ1) is 25.3. The quantitative estimate of drug-likeness (QED) is 0.320. The second-order valence-electron chi connectivity index (χ2n) is 9.85. The van der Waals surface area contributed by atoms with Gasteiger partial charge < -0.3 is 9.88 Å². The molecule has 2 aromatic heterocycles. The number of likely N-dealkylation sites (tertiary alicyclic amines) is 1. The summed E-state index contributed by atoms with van der Waals surface area (Å²) in [6.45, 7) is 1.66. The summed E-state index contributed by atoms with van der Waals surface area (Å²) in [4.78, 5) is 32.0. The highest BCUT2D eigenvalue weighted by molar-refractivity contribution is 5.76. The zero-order valence-electron chi connectivity index (χ0n) is 21.5. The van der Waals surface area contributed by atoms with Gasteiger partial charge in [0, 0.05) is 55.1 Å². The van der Waals surface area contributed by atoms with Crippen LogP contribution in [0.25, 0.3) is 22.6 Å². The van der Waals surface area contributed by atoms with Crippen molar-refractivity contribution in [1.82, 2.24) is 24.8 Å². The molecule has 192 valence electrons. The van der Waals surface area contributed by atoms with Crippen molar-refractivity contribution in [3.63, 3.8) is 0 Å². The van der Waals surface area contributed by atoms with Crippen LogP contribution in [0, 0.1) is 17.2 Å². The molecule has 0 unspecified atom stereocenters. The molecule has 1 aliphatic heterocycles. The first-order valence-electron chi connectivity index (χ1n) is 13.4. The highest BCUT2D eigenvalue weighted by atomic mass is 16.2. The van der Waals surface area contributed by atoms with Gasteiger partial charge in [-0.2, -0.15) is 5.26 Å². The zero-order chi connectivity index (χ0) is 26.2. The number of aromatic nitrogens is 4. The standard InChI is InChI=1S/C31H32N6O/c32-22-24-7-4-10-26(21-24)31-35-27(30(36-31)25-8-2-1-3-9-25)11-5-12-29(38)37-19-15-23(16-20-37)13-14-28-33-17-6-18-34-28/h1-4,6-10,17-18,21,23H,5,11-16,19-20H2,(H,35,36). The largest absolute Gasteiger partial charge is 0.343 e. The van der Waals surface area contributed by atoms with Gasteiger partial charge >= 0.3 is 0 Å². The number of benzene rings is 2. The number of imidazole rings is 1. The van der Waals surface area contributed by atoms with Gasteiger partial charge in [0.25, 0.3) is 0 Å². The van der Waals surface area contributed by atoms with Gasteiger partial charge in [-0.05, 0) is 56.2 Å². The number of nitriles is 1. The molecule has 0 saturated carbocycles. The molecule has 1 saturated heterocycles. The summed E-state index contributed by atoms with van der Waals surface area (Å²) in [7, 11) is 0. The molecule has 1 amide bonds. The van der Waals surface area contributed by atoms with Gasteiger partial charge in [-0.1, -0.05) is 42.5 Å². The number of carbonyl (C=O) groups excluding carboxylic acids is 1. The molecule has 1 fully saturated rings. The number of amides is 1. The summed E-state index contributed by atoms with van der Waals surface area (Å²) in [5.41, 5.74) is 4.44. The van der Waals surface area contributed by atoms with Crippen LogP contribution >= 0.6 is 0 Å². The Morgan fingerprint density at radius 3 is 2.50 bits per heavy atom. The lowest BCUT2D eigenvalue weighted by Gasteiger charge is -2.32. The number of aryl methyl sites for hydroxylation is 2. The monoisotopic (exact) mass is 504 g/mol. The average molecular weight is 505 g/mol. The van der Waals surface area contributed by atoms with Gasteiger partial charge in [-0.3, -0.25) is 4.79 Å². The third-order valence-electron chi connectivity index (χ3n) is 7.27. The van der Waals surface area contributed by atoms with E-state index in [9.17, 15) is 10.1 Å². The molecule has 7 nitrogen and oxygen atoms in total. The van der Waals surface area contributed by atoms with Crippen LogP contribution in [0.3, 0.4) is 0 Å². The Morgan fingerprint density at radius 1 is 0.974 bits per heavy atom. The minimum atomic E-state index is 0.234. The van der Waals surface area contributed by atoms with Crippen molar-refractivity contribution in [3.05, 3.63) is 90.1 Å². The van der Waals surface area contributed by atoms with Crippen molar-refractivity contribution in [2.45, 2.75) is 44.9 Å². The van der Waals surface area contributed by atoms with Crippen molar-refractivity contribution < 1.29 is 4.79 Å². The lowest BCUT2D eigenvalue weighted by molar-refractivity contribution is -0.132. The van der Waals surface area contributed by atoms with E-state index in [1.807, 2.05) is 59.5 Å². The van der Waals surface area contributed by atoms with Crippen LogP contribution in [-0.4, -0.2) is 43.8 Å². The third kappa shape index (κ3) is 6.33. The van der Waals surface area contributed by atoms with E-state index < -0.39 is 0 Å². The van der Waals surface area contributed by atoms with Crippen molar-refractivity contribution in [2.24, 2.45) is 5.92 Å². The van der Waals surface area contributed by atoms with Gasteiger partial charge in [0.05, 0.1) is 17.3 Å². The summed E-state index contributed by atoms with van der Waals surface area (Å²) >= 11 is 0. The molecule has 0 radical (unpaired) electrons. The number of nitrogens with zero attached hydrogens (tertiary/aromatic N) is 5. The maximum Gasteiger partial charge on any atom is 0.222 e. The van der Waals surface area contributed by atoms with E-state index in [1.54, 1.807) is 18.5 Å². The predicted molar refractivity (Wildman–Crippen MR) is 147 cm³/mol. The number of hydrogen-bond acceptors (Lipinski definition) is 5. The van der Waals surface area contributed by atoms with Crippen LogP contribution in [0.1, 0.15) is 49.2 Å². The Kier molecular flexibility index (Phi) is 8.19. The lowest BCUT2D eigenvalue weighted by Crippen LogP contribution is -2.38. The molecule has 3 heterocycles. The van der Waals surface area contributed by atoms with E-state index in [-0.39, 0.29) is 5.91 Å². The highest BCUT2D eigenvalue weighted by Gasteiger charge is 2.23. The number of aromatic amines is 1.